The second-order valence-electron chi connectivity index (χ2n) is 5.55. The number of hydrogen-bond donors (Lipinski definition) is 0. The van der Waals surface area contributed by atoms with Gasteiger partial charge < -0.3 is 4.74 Å². The Balaban J connectivity index is 2.06. The van der Waals surface area contributed by atoms with Crippen LogP contribution in [-0.2, 0) is 20.3 Å². The minimum absolute atomic E-state index is 0.245. The summed E-state index contributed by atoms with van der Waals surface area (Å²) in [6, 6.07) is 18.7. The van der Waals surface area contributed by atoms with E-state index < -0.39 is 22.4 Å². The highest BCUT2D eigenvalue weighted by Crippen LogP contribution is 2.45. The van der Waals surface area contributed by atoms with Crippen molar-refractivity contribution >= 4 is 28.5 Å². The van der Waals surface area contributed by atoms with Crippen molar-refractivity contribution in [3.05, 3.63) is 70.5 Å². The van der Waals surface area contributed by atoms with Crippen molar-refractivity contribution in [1.82, 2.24) is 0 Å². The zero-order valence-electron chi connectivity index (χ0n) is 12.8. The standard InChI is InChI=1S/C18H16O3S2/c1-18(2)16(22-13-9-5-3-6-10-13)15(17(19)21-18)23(20)14-11-7-4-8-12-14/h3-12H,1-2H3. The summed E-state index contributed by atoms with van der Waals surface area (Å²) in [4.78, 5) is 14.9. The van der Waals surface area contributed by atoms with Gasteiger partial charge in [-0.05, 0) is 38.1 Å². The third-order valence-corrected chi connectivity index (χ3v) is 6.37. The first kappa shape index (κ1) is 16.0. The molecule has 118 valence electrons. The predicted octanol–water partition coefficient (Wildman–Crippen LogP) is 4.13. The monoisotopic (exact) mass is 344 g/mol. The van der Waals surface area contributed by atoms with Crippen LogP contribution < -0.4 is 0 Å². The Hall–Kier alpha value is -1.85. The van der Waals surface area contributed by atoms with Crippen molar-refractivity contribution in [2.24, 2.45) is 0 Å². The number of thioether (sulfide) groups is 1. The molecule has 1 heterocycles. The van der Waals surface area contributed by atoms with E-state index in [4.69, 9.17) is 4.74 Å². The second kappa shape index (κ2) is 6.34. The Morgan fingerprint density at radius 2 is 1.52 bits per heavy atom. The number of esters is 1. The molecule has 5 heteroatoms. The summed E-state index contributed by atoms with van der Waals surface area (Å²) in [5.41, 5.74) is -0.780. The number of rotatable bonds is 4. The van der Waals surface area contributed by atoms with Crippen LogP contribution in [0.3, 0.4) is 0 Å². The van der Waals surface area contributed by atoms with Gasteiger partial charge in [-0.25, -0.2) is 9.00 Å². The molecule has 3 rings (SSSR count). The van der Waals surface area contributed by atoms with Gasteiger partial charge in [0, 0.05) is 9.79 Å². The van der Waals surface area contributed by atoms with E-state index >= 15 is 0 Å². The zero-order valence-corrected chi connectivity index (χ0v) is 14.4. The molecule has 0 N–H and O–H groups in total. The maximum absolute atomic E-state index is 12.9. The lowest BCUT2D eigenvalue weighted by molar-refractivity contribution is -0.143. The highest BCUT2D eigenvalue weighted by Gasteiger charge is 2.43. The quantitative estimate of drug-likeness (QED) is 0.782. The summed E-state index contributed by atoms with van der Waals surface area (Å²) in [6.07, 6.45) is 0. The number of carbonyl (C=O) groups is 1. The van der Waals surface area contributed by atoms with Gasteiger partial charge in [0.25, 0.3) is 0 Å². The smallest absolute Gasteiger partial charge is 0.349 e. The fourth-order valence-corrected chi connectivity index (χ4v) is 4.88. The minimum Gasteiger partial charge on any atom is -0.450 e. The minimum atomic E-state index is -1.55. The van der Waals surface area contributed by atoms with Crippen LogP contribution in [0.4, 0.5) is 0 Å². The third-order valence-electron chi connectivity index (χ3n) is 3.39. The molecule has 1 aliphatic rings. The molecule has 0 saturated carbocycles. The Bertz CT molecular complexity index is 780. The molecule has 3 nitrogen and oxygen atoms in total. The lowest BCUT2D eigenvalue weighted by Gasteiger charge is -2.20. The molecule has 0 aromatic heterocycles. The van der Waals surface area contributed by atoms with E-state index in [2.05, 4.69) is 0 Å². The summed E-state index contributed by atoms with van der Waals surface area (Å²) in [5, 5.41) is 0. The van der Waals surface area contributed by atoms with E-state index in [1.807, 2.05) is 62.4 Å². The molecule has 0 aliphatic carbocycles. The van der Waals surface area contributed by atoms with Crippen LogP contribution in [0.2, 0.25) is 0 Å². The highest BCUT2D eigenvalue weighted by atomic mass is 32.2. The predicted molar refractivity (Wildman–Crippen MR) is 92.3 cm³/mol. The van der Waals surface area contributed by atoms with E-state index in [-0.39, 0.29) is 4.91 Å². The van der Waals surface area contributed by atoms with Crippen LogP contribution in [0.1, 0.15) is 13.8 Å². The van der Waals surface area contributed by atoms with Crippen LogP contribution in [-0.4, -0.2) is 15.8 Å². The van der Waals surface area contributed by atoms with Gasteiger partial charge in [0.1, 0.15) is 10.5 Å². The fourth-order valence-electron chi connectivity index (χ4n) is 2.29. The van der Waals surface area contributed by atoms with Gasteiger partial charge in [-0.15, -0.1) is 0 Å². The van der Waals surface area contributed by atoms with Crippen molar-refractivity contribution in [3.63, 3.8) is 0 Å². The van der Waals surface area contributed by atoms with Gasteiger partial charge in [-0.1, -0.05) is 48.2 Å². The van der Waals surface area contributed by atoms with E-state index in [9.17, 15) is 9.00 Å². The molecule has 2 aromatic carbocycles. The van der Waals surface area contributed by atoms with E-state index in [0.717, 1.165) is 4.90 Å². The fraction of sp³-hybridized carbons (Fsp3) is 0.167. The van der Waals surface area contributed by atoms with E-state index in [1.54, 1.807) is 12.1 Å². The van der Waals surface area contributed by atoms with Crippen LogP contribution in [0, 0.1) is 0 Å². The summed E-state index contributed by atoms with van der Waals surface area (Å²) in [7, 11) is -1.55. The molecule has 23 heavy (non-hydrogen) atoms. The first-order valence-corrected chi connectivity index (χ1v) is 9.13. The molecule has 0 radical (unpaired) electrons. The molecule has 1 aliphatic heterocycles. The van der Waals surface area contributed by atoms with Crippen LogP contribution in [0.25, 0.3) is 0 Å². The molecule has 0 amide bonds. The number of hydrogen-bond acceptors (Lipinski definition) is 4. The average molecular weight is 344 g/mol. The molecule has 2 aromatic rings. The highest BCUT2D eigenvalue weighted by molar-refractivity contribution is 8.04. The van der Waals surface area contributed by atoms with Crippen LogP contribution in [0.5, 0.6) is 0 Å². The number of ether oxygens (including phenoxy) is 1. The normalized spacial score (nSPS) is 17.9. The van der Waals surface area contributed by atoms with Gasteiger partial charge >= 0.3 is 5.97 Å². The molecular formula is C18H16O3S2. The van der Waals surface area contributed by atoms with Crippen LogP contribution in [0.15, 0.2) is 80.3 Å². The van der Waals surface area contributed by atoms with Gasteiger partial charge in [-0.3, -0.25) is 0 Å². The SMILES string of the molecule is CC1(C)OC(=O)C(S(=O)c2ccccc2)=C1Sc1ccccc1. The topological polar surface area (TPSA) is 43.4 Å². The maximum atomic E-state index is 12.9. The van der Waals surface area contributed by atoms with Gasteiger partial charge in [0.05, 0.1) is 15.7 Å². The second-order valence-corrected chi connectivity index (χ2v) is 8.06. The Morgan fingerprint density at radius 3 is 2.13 bits per heavy atom. The first-order chi connectivity index (χ1) is 11.0. The molecule has 1 unspecified atom stereocenters. The van der Waals surface area contributed by atoms with Crippen molar-refractivity contribution in [3.8, 4) is 0 Å². The zero-order chi connectivity index (χ0) is 16.4. The van der Waals surface area contributed by atoms with Gasteiger partial charge in [0.2, 0.25) is 0 Å². The summed E-state index contributed by atoms with van der Waals surface area (Å²) < 4.78 is 18.3. The summed E-state index contributed by atoms with van der Waals surface area (Å²) in [5.74, 6) is -0.504. The van der Waals surface area contributed by atoms with Crippen molar-refractivity contribution in [2.75, 3.05) is 0 Å². The largest absolute Gasteiger partial charge is 0.450 e. The molecule has 0 spiro atoms. The average Bonchev–Trinajstić information content (AvgIpc) is 2.77. The Labute approximate surface area is 142 Å². The van der Waals surface area contributed by atoms with Gasteiger partial charge in [-0.2, -0.15) is 0 Å². The molecule has 0 bridgehead atoms. The lowest BCUT2D eigenvalue weighted by atomic mass is 10.1. The van der Waals surface area contributed by atoms with Gasteiger partial charge in [0.15, 0.2) is 0 Å². The molecular weight excluding hydrogens is 328 g/mol. The number of benzene rings is 2. The Morgan fingerprint density at radius 1 is 0.957 bits per heavy atom. The van der Waals surface area contributed by atoms with Crippen molar-refractivity contribution in [1.29, 1.82) is 0 Å². The third kappa shape index (κ3) is 3.26. The first-order valence-electron chi connectivity index (χ1n) is 7.17. The van der Waals surface area contributed by atoms with E-state index in [0.29, 0.717) is 9.80 Å². The molecule has 1 atom stereocenters. The van der Waals surface area contributed by atoms with Crippen molar-refractivity contribution < 1.29 is 13.7 Å². The Kier molecular flexibility index (Phi) is 4.41. The van der Waals surface area contributed by atoms with E-state index in [1.165, 1.54) is 11.8 Å². The molecule has 0 fully saturated rings. The van der Waals surface area contributed by atoms with Crippen LogP contribution >= 0.6 is 11.8 Å². The van der Waals surface area contributed by atoms with Crippen molar-refractivity contribution in [2.45, 2.75) is 29.2 Å². The molecule has 0 saturated heterocycles. The number of carbonyl (C=O) groups excluding carboxylic acids is 1. The summed E-state index contributed by atoms with van der Waals surface area (Å²) in [6.45, 7) is 3.65. The maximum Gasteiger partial charge on any atom is 0.349 e. The lowest BCUT2D eigenvalue weighted by Crippen LogP contribution is -2.21. The summed E-state index contributed by atoms with van der Waals surface area (Å²) >= 11 is 1.43. The number of cyclic esters (lactones) is 1.